The Morgan fingerprint density at radius 1 is 1.16 bits per heavy atom. The molecule has 1 amide bonds. The Morgan fingerprint density at radius 2 is 1.97 bits per heavy atom. The molecule has 0 radical (unpaired) electrons. The number of rotatable bonds is 9. The highest BCUT2D eigenvalue weighted by molar-refractivity contribution is 5.81. The predicted molar refractivity (Wildman–Crippen MR) is 119 cm³/mol. The van der Waals surface area contributed by atoms with Gasteiger partial charge in [-0.2, -0.15) is 0 Å². The van der Waals surface area contributed by atoms with Crippen molar-refractivity contribution in [1.29, 1.82) is 0 Å². The number of aliphatic carboxylic acids is 1. The first-order chi connectivity index (χ1) is 15.1. The number of nitrogens with one attached hydrogen (secondary N) is 2. The second kappa shape index (κ2) is 9.92. The van der Waals surface area contributed by atoms with Crippen molar-refractivity contribution in [3.05, 3.63) is 59.3 Å². The number of carbonyl (C=O) groups excluding carboxylic acids is 1. The van der Waals surface area contributed by atoms with Gasteiger partial charge in [0, 0.05) is 31.9 Å². The van der Waals surface area contributed by atoms with Crippen LogP contribution in [0.2, 0.25) is 0 Å². The van der Waals surface area contributed by atoms with Crippen LogP contribution in [0.5, 0.6) is 0 Å². The third-order valence-corrected chi connectivity index (χ3v) is 6.11. The zero-order valence-corrected chi connectivity index (χ0v) is 17.7. The van der Waals surface area contributed by atoms with Crippen LogP contribution in [0.3, 0.4) is 0 Å². The van der Waals surface area contributed by atoms with E-state index in [0.717, 1.165) is 55.7 Å². The Kier molecular flexibility index (Phi) is 6.82. The molecule has 1 aromatic heterocycles. The van der Waals surface area contributed by atoms with Gasteiger partial charge in [0.05, 0.1) is 5.92 Å². The minimum Gasteiger partial charge on any atom is -0.480 e. The SMILES string of the molecule is O=C(NCCCCc1ccc2c(n1)NCCC2)C1CN(C(C(=O)O)c2ccccc2)C1. The summed E-state index contributed by atoms with van der Waals surface area (Å²) in [5.41, 5.74) is 3.14. The fourth-order valence-corrected chi connectivity index (χ4v) is 4.33. The molecule has 164 valence electrons. The molecule has 0 spiro atoms. The van der Waals surface area contributed by atoms with Gasteiger partial charge in [-0.1, -0.05) is 36.4 Å². The lowest BCUT2D eigenvalue weighted by Gasteiger charge is -2.41. The van der Waals surface area contributed by atoms with E-state index in [1.165, 1.54) is 5.56 Å². The van der Waals surface area contributed by atoms with Crippen molar-refractivity contribution in [1.82, 2.24) is 15.2 Å². The fraction of sp³-hybridized carbons (Fsp3) is 0.458. The molecule has 1 aromatic carbocycles. The van der Waals surface area contributed by atoms with Crippen LogP contribution in [0.1, 0.15) is 42.1 Å². The number of carbonyl (C=O) groups is 2. The van der Waals surface area contributed by atoms with E-state index in [1.807, 2.05) is 35.2 Å². The molecule has 31 heavy (non-hydrogen) atoms. The van der Waals surface area contributed by atoms with E-state index in [-0.39, 0.29) is 11.8 Å². The molecule has 3 heterocycles. The molecule has 2 aliphatic heterocycles. The maximum atomic E-state index is 12.4. The van der Waals surface area contributed by atoms with E-state index in [2.05, 4.69) is 22.8 Å². The number of likely N-dealkylation sites (tertiary alicyclic amines) is 1. The summed E-state index contributed by atoms with van der Waals surface area (Å²) in [5, 5.41) is 16.0. The molecule has 1 atom stereocenters. The first-order valence-corrected chi connectivity index (χ1v) is 11.1. The number of unbranched alkanes of at least 4 members (excludes halogenated alkanes) is 1. The van der Waals surface area contributed by atoms with Gasteiger partial charge in [-0.15, -0.1) is 0 Å². The first kappa shape index (κ1) is 21.3. The topological polar surface area (TPSA) is 94.6 Å². The minimum absolute atomic E-state index is 0.0181. The van der Waals surface area contributed by atoms with Gasteiger partial charge in [0.15, 0.2) is 0 Å². The molecule has 7 heteroatoms. The lowest BCUT2D eigenvalue weighted by Crippen LogP contribution is -2.56. The number of hydrogen-bond donors (Lipinski definition) is 3. The number of anilines is 1. The molecule has 0 aliphatic carbocycles. The number of nitrogens with zero attached hydrogens (tertiary/aromatic N) is 2. The molecule has 1 fully saturated rings. The van der Waals surface area contributed by atoms with Gasteiger partial charge in [-0.25, -0.2) is 4.98 Å². The molecule has 2 aromatic rings. The van der Waals surface area contributed by atoms with Gasteiger partial charge >= 0.3 is 5.97 Å². The monoisotopic (exact) mass is 422 g/mol. The smallest absolute Gasteiger partial charge is 0.325 e. The summed E-state index contributed by atoms with van der Waals surface area (Å²) in [7, 11) is 0. The van der Waals surface area contributed by atoms with Gasteiger partial charge in [-0.3, -0.25) is 14.5 Å². The molecular weight excluding hydrogens is 392 g/mol. The highest BCUT2D eigenvalue weighted by Crippen LogP contribution is 2.29. The molecule has 3 N–H and O–H groups in total. The number of fused-ring (bicyclic) bond motifs is 1. The molecule has 7 nitrogen and oxygen atoms in total. The maximum absolute atomic E-state index is 12.4. The zero-order valence-electron chi connectivity index (χ0n) is 17.7. The number of carboxylic acid groups (broad SMARTS) is 1. The lowest BCUT2D eigenvalue weighted by molar-refractivity contribution is -0.149. The Hall–Kier alpha value is -2.93. The predicted octanol–water partition coefficient (Wildman–Crippen LogP) is 2.64. The van der Waals surface area contributed by atoms with Gasteiger partial charge in [-0.05, 0) is 49.3 Å². The standard InChI is InChI=1S/C24H30N4O3/c29-23(19-15-28(16-19)21(24(30)31)17-7-2-1-3-8-17)26-13-5-4-10-20-12-11-18-9-6-14-25-22(18)27-20/h1-3,7-8,11-12,19,21H,4-6,9-10,13-16H2,(H,25,27)(H,26,29)(H,30,31). The van der Waals surface area contributed by atoms with Crippen LogP contribution in [0, 0.1) is 5.92 Å². The van der Waals surface area contributed by atoms with Crippen molar-refractivity contribution in [3.63, 3.8) is 0 Å². The molecule has 2 aliphatic rings. The summed E-state index contributed by atoms with van der Waals surface area (Å²) >= 11 is 0. The van der Waals surface area contributed by atoms with Crippen molar-refractivity contribution >= 4 is 17.7 Å². The number of aryl methyl sites for hydroxylation is 2. The average Bonchev–Trinajstić information content (AvgIpc) is 2.75. The summed E-state index contributed by atoms with van der Waals surface area (Å²) in [6.45, 7) is 2.58. The fourth-order valence-electron chi connectivity index (χ4n) is 4.33. The van der Waals surface area contributed by atoms with E-state index in [9.17, 15) is 14.7 Å². The summed E-state index contributed by atoms with van der Waals surface area (Å²) in [5.74, 6) is 0.0290. The number of aromatic nitrogens is 1. The van der Waals surface area contributed by atoms with Crippen molar-refractivity contribution in [2.24, 2.45) is 5.92 Å². The molecule has 4 rings (SSSR count). The third kappa shape index (κ3) is 5.22. The number of amides is 1. The Balaban J connectivity index is 1.16. The van der Waals surface area contributed by atoms with E-state index in [1.54, 1.807) is 0 Å². The van der Waals surface area contributed by atoms with Gasteiger partial charge in [0.2, 0.25) is 5.91 Å². The first-order valence-electron chi connectivity index (χ1n) is 11.1. The van der Waals surface area contributed by atoms with Gasteiger partial charge < -0.3 is 15.7 Å². The summed E-state index contributed by atoms with van der Waals surface area (Å²) < 4.78 is 0. The third-order valence-electron chi connectivity index (χ3n) is 6.11. The Bertz CT molecular complexity index is 912. The number of hydrogen-bond acceptors (Lipinski definition) is 5. The molecule has 1 saturated heterocycles. The van der Waals surface area contributed by atoms with Crippen molar-refractivity contribution in [2.45, 2.75) is 38.1 Å². The van der Waals surface area contributed by atoms with E-state index >= 15 is 0 Å². The largest absolute Gasteiger partial charge is 0.480 e. The number of carboxylic acids is 1. The molecule has 0 saturated carbocycles. The van der Waals surface area contributed by atoms with Crippen LogP contribution >= 0.6 is 0 Å². The molecular formula is C24H30N4O3. The molecule has 0 bridgehead atoms. The van der Waals surface area contributed by atoms with Crippen LogP contribution in [0.25, 0.3) is 0 Å². The van der Waals surface area contributed by atoms with Crippen molar-refractivity contribution < 1.29 is 14.7 Å². The lowest BCUT2D eigenvalue weighted by atomic mass is 9.93. The van der Waals surface area contributed by atoms with Crippen LogP contribution < -0.4 is 10.6 Å². The normalized spacial score (nSPS) is 17.2. The van der Waals surface area contributed by atoms with E-state index < -0.39 is 12.0 Å². The summed E-state index contributed by atoms with van der Waals surface area (Å²) in [4.78, 5) is 30.6. The highest BCUT2D eigenvalue weighted by atomic mass is 16.4. The second-order valence-electron chi connectivity index (χ2n) is 8.39. The van der Waals surface area contributed by atoms with Crippen molar-refractivity contribution in [3.8, 4) is 0 Å². The van der Waals surface area contributed by atoms with Gasteiger partial charge in [0.25, 0.3) is 0 Å². The Morgan fingerprint density at radius 3 is 2.74 bits per heavy atom. The van der Waals surface area contributed by atoms with E-state index in [0.29, 0.717) is 19.6 Å². The van der Waals surface area contributed by atoms with Crippen LogP contribution in [0.4, 0.5) is 5.82 Å². The summed E-state index contributed by atoms with van der Waals surface area (Å²) in [6, 6.07) is 12.8. The maximum Gasteiger partial charge on any atom is 0.325 e. The van der Waals surface area contributed by atoms with Crippen LogP contribution in [-0.2, 0) is 22.4 Å². The highest BCUT2D eigenvalue weighted by Gasteiger charge is 2.40. The van der Waals surface area contributed by atoms with Crippen molar-refractivity contribution in [2.75, 3.05) is 31.5 Å². The second-order valence-corrected chi connectivity index (χ2v) is 8.39. The quantitative estimate of drug-likeness (QED) is 0.538. The van der Waals surface area contributed by atoms with Gasteiger partial charge in [0.1, 0.15) is 11.9 Å². The van der Waals surface area contributed by atoms with Crippen LogP contribution in [0.15, 0.2) is 42.5 Å². The number of benzene rings is 1. The van der Waals surface area contributed by atoms with E-state index in [4.69, 9.17) is 4.98 Å². The van der Waals surface area contributed by atoms with Crippen LogP contribution in [-0.4, -0.2) is 53.0 Å². The zero-order chi connectivity index (χ0) is 21.6. The summed E-state index contributed by atoms with van der Waals surface area (Å²) in [6.07, 6.45) is 5.03. The molecule has 1 unspecified atom stereocenters. The Labute approximate surface area is 182 Å². The minimum atomic E-state index is -0.879. The average molecular weight is 423 g/mol. The number of pyridine rings is 1.